The molecule has 2 rings (SSSR count). The molecule has 1 N–H and O–H groups in total. The molecule has 2 heteroatoms. The molecule has 0 saturated carbocycles. The van der Waals surface area contributed by atoms with E-state index in [2.05, 4.69) is 18.8 Å². The fourth-order valence-corrected chi connectivity index (χ4v) is 2.10. The maximum Gasteiger partial charge on any atom is 0.106 e. The minimum atomic E-state index is -0.600. The molecular weight excluding hydrogens is 222 g/mol. The SMILES string of the molecule is Cc1ccc(C(O)c2ccc(C)c(C)c2)c(C)n1. The number of aliphatic hydroxyl groups excluding tert-OH is 1. The number of hydrogen-bond acceptors (Lipinski definition) is 2. The molecule has 0 aliphatic carbocycles. The van der Waals surface area contributed by atoms with Crippen molar-refractivity contribution in [3.05, 3.63) is 64.0 Å². The first-order valence-electron chi connectivity index (χ1n) is 6.18. The minimum Gasteiger partial charge on any atom is -0.384 e. The van der Waals surface area contributed by atoms with Crippen molar-refractivity contribution in [3.8, 4) is 0 Å². The second-order valence-corrected chi connectivity index (χ2v) is 4.87. The molecule has 0 aliphatic rings. The van der Waals surface area contributed by atoms with Crippen LogP contribution in [0.1, 0.15) is 39.7 Å². The molecule has 0 spiro atoms. The first kappa shape index (κ1) is 12.8. The van der Waals surface area contributed by atoms with Gasteiger partial charge in [0.2, 0.25) is 0 Å². The van der Waals surface area contributed by atoms with Crippen molar-refractivity contribution in [2.75, 3.05) is 0 Å². The van der Waals surface area contributed by atoms with Gasteiger partial charge in [-0.15, -0.1) is 0 Å². The Balaban J connectivity index is 2.41. The quantitative estimate of drug-likeness (QED) is 0.874. The molecule has 0 saturated heterocycles. The van der Waals surface area contributed by atoms with Gasteiger partial charge in [-0.05, 0) is 50.5 Å². The molecule has 1 unspecified atom stereocenters. The number of pyridine rings is 1. The van der Waals surface area contributed by atoms with E-state index in [-0.39, 0.29) is 0 Å². The minimum absolute atomic E-state index is 0.600. The predicted octanol–water partition coefficient (Wildman–Crippen LogP) is 3.40. The van der Waals surface area contributed by atoms with Gasteiger partial charge in [-0.2, -0.15) is 0 Å². The van der Waals surface area contributed by atoms with Crippen LogP contribution in [-0.4, -0.2) is 10.1 Å². The summed E-state index contributed by atoms with van der Waals surface area (Å²) in [4.78, 5) is 4.40. The Morgan fingerprint density at radius 3 is 2.28 bits per heavy atom. The molecule has 0 bridgehead atoms. The summed E-state index contributed by atoms with van der Waals surface area (Å²) in [6.45, 7) is 8.03. The normalized spacial score (nSPS) is 12.5. The molecule has 1 atom stereocenters. The lowest BCUT2D eigenvalue weighted by Gasteiger charge is -2.15. The third kappa shape index (κ3) is 2.44. The van der Waals surface area contributed by atoms with Crippen LogP contribution in [0.5, 0.6) is 0 Å². The summed E-state index contributed by atoms with van der Waals surface area (Å²) in [6.07, 6.45) is -0.600. The topological polar surface area (TPSA) is 33.1 Å². The Morgan fingerprint density at radius 1 is 0.944 bits per heavy atom. The fraction of sp³-hybridized carbons (Fsp3) is 0.312. The average molecular weight is 241 g/mol. The number of aromatic nitrogens is 1. The van der Waals surface area contributed by atoms with E-state index in [1.807, 2.05) is 44.2 Å². The number of benzene rings is 1. The van der Waals surface area contributed by atoms with Crippen LogP contribution in [0.2, 0.25) is 0 Å². The highest BCUT2D eigenvalue weighted by atomic mass is 16.3. The number of aryl methyl sites for hydroxylation is 4. The van der Waals surface area contributed by atoms with Crippen molar-refractivity contribution < 1.29 is 5.11 Å². The molecule has 0 radical (unpaired) electrons. The van der Waals surface area contributed by atoms with Crippen LogP contribution in [0.3, 0.4) is 0 Å². The number of aliphatic hydroxyl groups is 1. The van der Waals surface area contributed by atoms with E-state index in [0.29, 0.717) is 0 Å². The first-order valence-corrected chi connectivity index (χ1v) is 6.18. The fourth-order valence-electron chi connectivity index (χ4n) is 2.10. The molecule has 2 nitrogen and oxygen atoms in total. The van der Waals surface area contributed by atoms with Gasteiger partial charge in [0.15, 0.2) is 0 Å². The molecular formula is C16H19NO. The van der Waals surface area contributed by atoms with Gasteiger partial charge in [-0.25, -0.2) is 0 Å². The molecule has 0 fully saturated rings. The van der Waals surface area contributed by atoms with Crippen molar-refractivity contribution in [3.63, 3.8) is 0 Å². The van der Waals surface area contributed by atoms with Gasteiger partial charge in [0.05, 0.1) is 0 Å². The van der Waals surface area contributed by atoms with Gasteiger partial charge >= 0.3 is 0 Å². The van der Waals surface area contributed by atoms with Crippen molar-refractivity contribution in [1.82, 2.24) is 4.98 Å². The van der Waals surface area contributed by atoms with E-state index in [0.717, 1.165) is 22.5 Å². The Labute approximate surface area is 108 Å². The Hall–Kier alpha value is -1.67. The lowest BCUT2D eigenvalue weighted by Crippen LogP contribution is -2.04. The first-order chi connectivity index (χ1) is 8.49. The zero-order valence-corrected chi connectivity index (χ0v) is 11.4. The van der Waals surface area contributed by atoms with Gasteiger partial charge in [0, 0.05) is 17.0 Å². The van der Waals surface area contributed by atoms with Gasteiger partial charge in [0.25, 0.3) is 0 Å². The van der Waals surface area contributed by atoms with Crippen molar-refractivity contribution >= 4 is 0 Å². The van der Waals surface area contributed by atoms with Gasteiger partial charge in [0.1, 0.15) is 6.10 Å². The zero-order valence-electron chi connectivity index (χ0n) is 11.4. The number of nitrogens with zero attached hydrogens (tertiary/aromatic N) is 1. The van der Waals surface area contributed by atoms with E-state index >= 15 is 0 Å². The summed E-state index contributed by atoms with van der Waals surface area (Å²) in [5, 5.41) is 10.4. The van der Waals surface area contributed by atoms with Crippen LogP contribution in [0.4, 0.5) is 0 Å². The molecule has 0 aliphatic heterocycles. The Bertz CT molecular complexity index is 575. The van der Waals surface area contributed by atoms with Gasteiger partial charge in [-0.1, -0.05) is 24.3 Å². The molecule has 18 heavy (non-hydrogen) atoms. The number of rotatable bonds is 2. The highest BCUT2D eigenvalue weighted by Gasteiger charge is 2.14. The summed E-state index contributed by atoms with van der Waals surface area (Å²) >= 11 is 0. The van der Waals surface area contributed by atoms with Crippen molar-refractivity contribution in [2.45, 2.75) is 33.8 Å². The maximum atomic E-state index is 10.4. The Kier molecular flexibility index (Phi) is 3.48. The summed E-state index contributed by atoms with van der Waals surface area (Å²) in [5.74, 6) is 0. The van der Waals surface area contributed by atoms with Gasteiger partial charge in [-0.3, -0.25) is 4.98 Å². The summed E-state index contributed by atoms with van der Waals surface area (Å²) in [5.41, 5.74) is 6.11. The second kappa shape index (κ2) is 4.91. The molecule has 1 aromatic heterocycles. The third-order valence-corrected chi connectivity index (χ3v) is 3.41. The van der Waals surface area contributed by atoms with Crippen molar-refractivity contribution in [1.29, 1.82) is 0 Å². The molecule has 1 heterocycles. The Morgan fingerprint density at radius 2 is 1.67 bits per heavy atom. The number of hydrogen-bond donors (Lipinski definition) is 1. The van der Waals surface area contributed by atoms with Crippen LogP contribution < -0.4 is 0 Å². The second-order valence-electron chi connectivity index (χ2n) is 4.87. The molecule has 0 amide bonds. The van der Waals surface area contributed by atoms with Crippen LogP contribution in [0.25, 0.3) is 0 Å². The highest BCUT2D eigenvalue weighted by molar-refractivity contribution is 5.37. The third-order valence-electron chi connectivity index (χ3n) is 3.41. The summed E-state index contributed by atoms with van der Waals surface area (Å²) in [6, 6.07) is 9.96. The van der Waals surface area contributed by atoms with Gasteiger partial charge < -0.3 is 5.11 Å². The maximum absolute atomic E-state index is 10.4. The average Bonchev–Trinajstić information content (AvgIpc) is 2.32. The standard InChI is InChI=1S/C16H19NO/c1-10-5-7-14(9-11(10)2)16(18)15-8-6-12(3)17-13(15)4/h5-9,16,18H,1-4H3. The van der Waals surface area contributed by atoms with E-state index in [1.165, 1.54) is 11.1 Å². The largest absolute Gasteiger partial charge is 0.384 e. The molecule has 94 valence electrons. The van der Waals surface area contributed by atoms with E-state index in [9.17, 15) is 5.11 Å². The van der Waals surface area contributed by atoms with E-state index in [4.69, 9.17) is 0 Å². The summed E-state index contributed by atoms with van der Waals surface area (Å²) < 4.78 is 0. The zero-order chi connectivity index (χ0) is 13.3. The van der Waals surface area contributed by atoms with E-state index in [1.54, 1.807) is 0 Å². The van der Waals surface area contributed by atoms with Crippen LogP contribution in [-0.2, 0) is 0 Å². The van der Waals surface area contributed by atoms with Crippen LogP contribution in [0, 0.1) is 27.7 Å². The van der Waals surface area contributed by atoms with Crippen LogP contribution in [0.15, 0.2) is 30.3 Å². The molecule has 1 aromatic carbocycles. The van der Waals surface area contributed by atoms with Crippen molar-refractivity contribution in [2.24, 2.45) is 0 Å². The molecule has 2 aromatic rings. The van der Waals surface area contributed by atoms with Crippen LogP contribution >= 0.6 is 0 Å². The lowest BCUT2D eigenvalue weighted by atomic mass is 9.97. The highest BCUT2D eigenvalue weighted by Crippen LogP contribution is 2.25. The lowest BCUT2D eigenvalue weighted by molar-refractivity contribution is 0.219. The van der Waals surface area contributed by atoms with E-state index < -0.39 is 6.10 Å². The summed E-state index contributed by atoms with van der Waals surface area (Å²) in [7, 11) is 0. The monoisotopic (exact) mass is 241 g/mol. The predicted molar refractivity (Wildman–Crippen MR) is 73.7 cm³/mol. The smallest absolute Gasteiger partial charge is 0.106 e.